The number of carboxylic acid groups (broad SMARTS) is 1. The molecule has 0 radical (unpaired) electrons. The van der Waals surface area contributed by atoms with Crippen molar-refractivity contribution in [3.8, 4) is 11.5 Å². The summed E-state index contributed by atoms with van der Waals surface area (Å²) in [5, 5.41) is 12.9. The Kier molecular flexibility index (Phi) is 4.81. The molecule has 19 heavy (non-hydrogen) atoms. The summed E-state index contributed by atoms with van der Waals surface area (Å²) in [5.74, 6) is 1.13. The van der Waals surface area contributed by atoms with Gasteiger partial charge < -0.3 is 9.63 Å². The van der Waals surface area contributed by atoms with Crippen molar-refractivity contribution < 1.29 is 14.4 Å². The molecule has 0 spiro atoms. The van der Waals surface area contributed by atoms with E-state index in [0.29, 0.717) is 33.8 Å². The minimum atomic E-state index is -0.808. The number of carboxylic acids is 1. The first-order chi connectivity index (χ1) is 9.16. The topological polar surface area (TPSA) is 76.2 Å². The molecule has 0 fully saturated rings. The number of aromatic nitrogens is 2. The fourth-order valence-corrected chi connectivity index (χ4v) is 2.36. The molecular formula is C12H11ClN2O3S. The molecule has 7 heteroatoms. The van der Waals surface area contributed by atoms with Crippen LogP contribution >= 0.6 is 23.4 Å². The van der Waals surface area contributed by atoms with Crippen molar-refractivity contribution in [1.82, 2.24) is 10.1 Å². The van der Waals surface area contributed by atoms with Gasteiger partial charge in [-0.2, -0.15) is 16.7 Å². The molecule has 2 aromatic rings. The van der Waals surface area contributed by atoms with E-state index < -0.39 is 5.97 Å². The lowest BCUT2D eigenvalue weighted by atomic mass is 10.2. The second-order valence-corrected chi connectivity index (χ2v) is 5.20. The summed E-state index contributed by atoms with van der Waals surface area (Å²) in [6, 6.07) is 7.22. The van der Waals surface area contributed by atoms with Crippen LogP contribution < -0.4 is 0 Å². The molecule has 0 saturated heterocycles. The molecule has 1 aromatic heterocycles. The first-order valence-electron chi connectivity index (χ1n) is 5.54. The fraction of sp³-hybridized carbons (Fsp3) is 0.250. The summed E-state index contributed by atoms with van der Waals surface area (Å²) in [5.41, 5.74) is 0.693. The highest BCUT2D eigenvalue weighted by Gasteiger charge is 2.11. The van der Waals surface area contributed by atoms with Crippen LogP contribution in [0.15, 0.2) is 28.8 Å². The van der Waals surface area contributed by atoms with E-state index in [-0.39, 0.29) is 6.42 Å². The molecule has 0 unspecified atom stereocenters. The third kappa shape index (κ3) is 3.97. The summed E-state index contributed by atoms with van der Waals surface area (Å²) in [7, 11) is 0. The van der Waals surface area contributed by atoms with Crippen LogP contribution in [0.1, 0.15) is 12.2 Å². The smallest absolute Gasteiger partial charge is 0.304 e. The van der Waals surface area contributed by atoms with Gasteiger partial charge in [0.1, 0.15) is 0 Å². The van der Waals surface area contributed by atoms with Gasteiger partial charge in [-0.05, 0) is 12.1 Å². The number of carbonyl (C=O) groups is 1. The first kappa shape index (κ1) is 13.9. The van der Waals surface area contributed by atoms with Crippen LogP contribution in [-0.2, 0) is 10.5 Å². The van der Waals surface area contributed by atoms with Crippen molar-refractivity contribution in [3.05, 3.63) is 35.1 Å². The maximum atomic E-state index is 10.4. The number of nitrogens with zero attached hydrogens (tertiary/aromatic N) is 2. The van der Waals surface area contributed by atoms with E-state index in [1.807, 2.05) is 12.1 Å². The zero-order valence-corrected chi connectivity index (χ0v) is 11.4. The van der Waals surface area contributed by atoms with E-state index in [0.717, 1.165) is 0 Å². The van der Waals surface area contributed by atoms with Crippen molar-refractivity contribution in [3.63, 3.8) is 0 Å². The number of rotatable bonds is 6. The van der Waals surface area contributed by atoms with E-state index in [1.54, 1.807) is 12.1 Å². The third-order valence-corrected chi connectivity index (χ3v) is 3.55. The predicted molar refractivity (Wildman–Crippen MR) is 73.2 cm³/mol. The standard InChI is InChI=1S/C12H11ClN2O3S/c13-9-4-2-1-3-8(9)12-14-10(15-18-12)7-19-6-5-11(16)17/h1-4H,5-7H2,(H,16,17). The van der Waals surface area contributed by atoms with Crippen molar-refractivity contribution in [1.29, 1.82) is 0 Å². The molecule has 0 aliphatic carbocycles. The zero-order valence-electron chi connectivity index (χ0n) is 9.88. The molecule has 5 nitrogen and oxygen atoms in total. The molecule has 1 heterocycles. The normalized spacial score (nSPS) is 10.6. The largest absolute Gasteiger partial charge is 0.481 e. The number of hydrogen-bond acceptors (Lipinski definition) is 5. The molecule has 0 atom stereocenters. The SMILES string of the molecule is O=C(O)CCSCc1noc(-c2ccccc2Cl)n1. The first-order valence-corrected chi connectivity index (χ1v) is 7.07. The van der Waals surface area contributed by atoms with Crippen LogP contribution in [-0.4, -0.2) is 27.0 Å². The number of halogens is 1. The second kappa shape index (κ2) is 6.58. The second-order valence-electron chi connectivity index (χ2n) is 3.69. The van der Waals surface area contributed by atoms with Crippen LogP contribution in [0.4, 0.5) is 0 Å². The zero-order chi connectivity index (χ0) is 13.7. The monoisotopic (exact) mass is 298 g/mol. The maximum Gasteiger partial charge on any atom is 0.304 e. The van der Waals surface area contributed by atoms with Gasteiger partial charge in [0.25, 0.3) is 5.89 Å². The average molecular weight is 299 g/mol. The molecular weight excluding hydrogens is 288 g/mol. The Labute approximate surface area is 119 Å². The predicted octanol–water partition coefficient (Wildman–Crippen LogP) is 3.10. The van der Waals surface area contributed by atoms with E-state index in [9.17, 15) is 4.79 Å². The number of aliphatic carboxylic acids is 1. The van der Waals surface area contributed by atoms with Crippen LogP contribution in [0.3, 0.4) is 0 Å². The number of thioether (sulfide) groups is 1. The molecule has 0 aliphatic rings. The Hall–Kier alpha value is -1.53. The molecule has 0 aliphatic heterocycles. The Bertz CT molecular complexity index is 574. The van der Waals surface area contributed by atoms with E-state index in [1.165, 1.54) is 11.8 Å². The molecule has 1 N–H and O–H groups in total. The van der Waals surface area contributed by atoms with Gasteiger partial charge in [-0.1, -0.05) is 28.9 Å². The fourth-order valence-electron chi connectivity index (χ4n) is 1.38. The third-order valence-electron chi connectivity index (χ3n) is 2.26. The Balaban J connectivity index is 1.96. The van der Waals surface area contributed by atoms with Crippen molar-refractivity contribution in [2.45, 2.75) is 12.2 Å². The van der Waals surface area contributed by atoms with Crippen LogP contribution in [0.5, 0.6) is 0 Å². The quantitative estimate of drug-likeness (QED) is 0.826. The van der Waals surface area contributed by atoms with Gasteiger partial charge in [0.05, 0.1) is 22.8 Å². The molecule has 1 aromatic carbocycles. The summed E-state index contributed by atoms with van der Waals surface area (Å²) in [6.07, 6.45) is 0.125. The van der Waals surface area contributed by atoms with Gasteiger partial charge in [-0.25, -0.2) is 0 Å². The molecule has 0 bridgehead atoms. The van der Waals surface area contributed by atoms with Gasteiger partial charge in [0, 0.05) is 5.75 Å². The maximum absolute atomic E-state index is 10.4. The van der Waals surface area contributed by atoms with Crippen molar-refractivity contribution in [2.24, 2.45) is 0 Å². The lowest BCUT2D eigenvalue weighted by molar-refractivity contribution is -0.136. The molecule has 0 amide bonds. The van der Waals surface area contributed by atoms with E-state index in [2.05, 4.69) is 10.1 Å². The molecule has 0 saturated carbocycles. The average Bonchev–Trinajstić information content (AvgIpc) is 2.83. The van der Waals surface area contributed by atoms with Crippen molar-refractivity contribution in [2.75, 3.05) is 5.75 Å². The Morgan fingerprint density at radius 3 is 2.95 bits per heavy atom. The minimum Gasteiger partial charge on any atom is -0.481 e. The van der Waals surface area contributed by atoms with Gasteiger partial charge in [0.15, 0.2) is 5.82 Å². The summed E-state index contributed by atoms with van der Waals surface area (Å²) >= 11 is 7.48. The highest BCUT2D eigenvalue weighted by Crippen LogP contribution is 2.26. The van der Waals surface area contributed by atoms with Crippen molar-refractivity contribution >= 4 is 29.3 Å². The van der Waals surface area contributed by atoms with Gasteiger partial charge in [-0.3, -0.25) is 4.79 Å². The highest BCUT2D eigenvalue weighted by molar-refractivity contribution is 7.98. The Morgan fingerprint density at radius 1 is 1.42 bits per heavy atom. The molecule has 100 valence electrons. The Morgan fingerprint density at radius 2 is 2.21 bits per heavy atom. The van der Waals surface area contributed by atoms with Crippen LogP contribution in [0, 0.1) is 0 Å². The number of hydrogen-bond donors (Lipinski definition) is 1. The summed E-state index contributed by atoms with van der Waals surface area (Å²) in [6.45, 7) is 0. The van der Waals surface area contributed by atoms with E-state index >= 15 is 0 Å². The van der Waals surface area contributed by atoms with E-state index in [4.69, 9.17) is 21.2 Å². The molecule has 2 rings (SSSR count). The van der Waals surface area contributed by atoms with Gasteiger partial charge >= 0.3 is 5.97 Å². The summed E-state index contributed by atoms with van der Waals surface area (Å²) in [4.78, 5) is 14.6. The summed E-state index contributed by atoms with van der Waals surface area (Å²) < 4.78 is 5.13. The highest BCUT2D eigenvalue weighted by atomic mass is 35.5. The van der Waals surface area contributed by atoms with Crippen LogP contribution in [0.25, 0.3) is 11.5 Å². The van der Waals surface area contributed by atoms with Gasteiger partial charge in [0.2, 0.25) is 0 Å². The lowest BCUT2D eigenvalue weighted by Gasteiger charge is -1.96. The minimum absolute atomic E-state index is 0.125. The lowest BCUT2D eigenvalue weighted by Crippen LogP contribution is -1.96. The number of benzene rings is 1. The van der Waals surface area contributed by atoms with Crippen LogP contribution in [0.2, 0.25) is 5.02 Å². The van der Waals surface area contributed by atoms with Gasteiger partial charge in [-0.15, -0.1) is 0 Å².